The van der Waals surface area contributed by atoms with Crippen LogP contribution >= 0.6 is 11.6 Å². The molecule has 0 aliphatic heterocycles. The van der Waals surface area contributed by atoms with E-state index >= 15 is 0 Å². The molecule has 0 atom stereocenters. The van der Waals surface area contributed by atoms with Gasteiger partial charge in [0.05, 0.1) is 30.6 Å². The normalized spacial score (nSPS) is 10.3. The van der Waals surface area contributed by atoms with Gasteiger partial charge in [-0.2, -0.15) is 10.4 Å². The summed E-state index contributed by atoms with van der Waals surface area (Å²) in [5.41, 5.74) is 0.667. The standard InChI is InChI=1S/C8H6ClN5/c9-7-6-4-13-14(3-1-2-10)8(6)12-5-11-7/h4-5H,1,3H2. The molecule has 6 heteroatoms. The van der Waals surface area contributed by atoms with Crippen molar-refractivity contribution in [2.24, 2.45) is 0 Å². The molecule has 0 spiro atoms. The van der Waals surface area contributed by atoms with Crippen LogP contribution in [0, 0.1) is 11.3 Å². The summed E-state index contributed by atoms with van der Waals surface area (Å²) < 4.78 is 1.64. The lowest BCUT2D eigenvalue weighted by Crippen LogP contribution is -2.00. The summed E-state index contributed by atoms with van der Waals surface area (Å²) in [5, 5.41) is 13.6. The van der Waals surface area contributed by atoms with E-state index in [1.54, 1.807) is 10.9 Å². The Labute approximate surface area is 85.0 Å². The van der Waals surface area contributed by atoms with Gasteiger partial charge in [-0.1, -0.05) is 11.6 Å². The van der Waals surface area contributed by atoms with Crippen LogP contribution in [-0.4, -0.2) is 19.7 Å². The molecule has 0 amide bonds. The Morgan fingerprint density at radius 3 is 3.14 bits per heavy atom. The van der Waals surface area contributed by atoms with Gasteiger partial charge in [-0.05, 0) is 0 Å². The molecule has 5 nitrogen and oxygen atoms in total. The summed E-state index contributed by atoms with van der Waals surface area (Å²) in [6.45, 7) is 0.521. The molecule has 0 fully saturated rings. The van der Waals surface area contributed by atoms with E-state index in [0.717, 1.165) is 0 Å². The minimum absolute atomic E-state index is 0.387. The van der Waals surface area contributed by atoms with Gasteiger partial charge in [0.15, 0.2) is 5.65 Å². The van der Waals surface area contributed by atoms with Crippen molar-refractivity contribution >= 4 is 22.6 Å². The molecule has 2 aromatic rings. The van der Waals surface area contributed by atoms with Crippen LogP contribution in [0.25, 0.3) is 11.0 Å². The minimum atomic E-state index is 0.387. The average molecular weight is 208 g/mol. The van der Waals surface area contributed by atoms with Gasteiger partial charge in [-0.3, -0.25) is 0 Å². The van der Waals surface area contributed by atoms with E-state index in [9.17, 15) is 0 Å². The number of fused-ring (bicyclic) bond motifs is 1. The Bertz CT molecular complexity index is 498. The number of halogens is 1. The van der Waals surface area contributed by atoms with Crippen LogP contribution in [-0.2, 0) is 6.54 Å². The maximum atomic E-state index is 8.44. The second-order valence-corrected chi connectivity index (χ2v) is 3.04. The fourth-order valence-corrected chi connectivity index (χ4v) is 1.36. The molecule has 0 unspecified atom stereocenters. The first kappa shape index (κ1) is 8.91. The van der Waals surface area contributed by atoms with E-state index in [1.165, 1.54) is 6.33 Å². The number of hydrogen-bond acceptors (Lipinski definition) is 4. The third-order valence-corrected chi connectivity index (χ3v) is 2.12. The van der Waals surface area contributed by atoms with E-state index in [2.05, 4.69) is 15.1 Å². The van der Waals surface area contributed by atoms with Gasteiger partial charge in [-0.25, -0.2) is 14.6 Å². The second kappa shape index (κ2) is 3.60. The molecular formula is C8H6ClN5. The molecule has 0 bridgehead atoms. The van der Waals surface area contributed by atoms with Crippen molar-refractivity contribution in [1.29, 1.82) is 5.26 Å². The zero-order chi connectivity index (χ0) is 9.97. The van der Waals surface area contributed by atoms with Crippen LogP contribution in [0.5, 0.6) is 0 Å². The molecule has 2 heterocycles. The van der Waals surface area contributed by atoms with E-state index < -0.39 is 0 Å². The first-order valence-electron chi connectivity index (χ1n) is 4.02. The maximum Gasteiger partial charge on any atom is 0.162 e. The fraction of sp³-hybridized carbons (Fsp3) is 0.250. The summed E-state index contributed by atoms with van der Waals surface area (Å²) in [7, 11) is 0. The van der Waals surface area contributed by atoms with Gasteiger partial charge in [0.25, 0.3) is 0 Å². The van der Waals surface area contributed by atoms with E-state index in [1.807, 2.05) is 6.07 Å². The van der Waals surface area contributed by atoms with Crippen molar-refractivity contribution in [2.45, 2.75) is 13.0 Å². The van der Waals surface area contributed by atoms with Crippen LogP contribution in [0.1, 0.15) is 6.42 Å². The van der Waals surface area contributed by atoms with Gasteiger partial charge in [0.1, 0.15) is 11.5 Å². The fourth-order valence-electron chi connectivity index (χ4n) is 1.18. The van der Waals surface area contributed by atoms with Crippen molar-refractivity contribution in [3.63, 3.8) is 0 Å². The summed E-state index contributed by atoms with van der Waals surface area (Å²) in [4.78, 5) is 7.89. The highest BCUT2D eigenvalue weighted by molar-refractivity contribution is 6.33. The Morgan fingerprint density at radius 2 is 2.36 bits per heavy atom. The zero-order valence-corrected chi connectivity index (χ0v) is 7.94. The molecule has 0 saturated heterocycles. The van der Waals surface area contributed by atoms with Crippen molar-refractivity contribution in [2.75, 3.05) is 0 Å². The predicted molar refractivity (Wildman–Crippen MR) is 50.6 cm³/mol. The first-order valence-corrected chi connectivity index (χ1v) is 4.39. The third kappa shape index (κ3) is 1.40. The van der Waals surface area contributed by atoms with Gasteiger partial charge < -0.3 is 0 Å². The van der Waals surface area contributed by atoms with Crippen LogP contribution in [0.2, 0.25) is 5.15 Å². The molecule has 0 radical (unpaired) electrons. The lowest BCUT2D eigenvalue weighted by Gasteiger charge is -1.97. The zero-order valence-electron chi connectivity index (χ0n) is 7.18. The summed E-state index contributed by atoms with van der Waals surface area (Å²) in [5.74, 6) is 0. The summed E-state index contributed by atoms with van der Waals surface area (Å²) >= 11 is 5.83. The minimum Gasteiger partial charge on any atom is -0.246 e. The molecule has 2 aromatic heterocycles. The number of rotatable bonds is 2. The number of nitriles is 1. The molecule has 0 saturated carbocycles. The van der Waals surface area contributed by atoms with Gasteiger partial charge in [0.2, 0.25) is 0 Å². The topological polar surface area (TPSA) is 67.4 Å². The molecule has 70 valence electrons. The highest BCUT2D eigenvalue weighted by Gasteiger charge is 2.06. The molecule has 0 aromatic carbocycles. The monoisotopic (exact) mass is 207 g/mol. The lowest BCUT2D eigenvalue weighted by atomic mass is 10.4. The second-order valence-electron chi connectivity index (χ2n) is 2.68. The molecule has 0 aliphatic rings. The van der Waals surface area contributed by atoms with Crippen LogP contribution in [0.15, 0.2) is 12.5 Å². The maximum absolute atomic E-state index is 8.44. The van der Waals surface area contributed by atoms with Crippen LogP contribution in [0.4, 0.5) is 0 Å². The quantitative estimate of drug-likeness (QED) is 0.698. The van der Waals surface area contributed by atoms with Gasteiger partial charge in [-0.15, -0.1) is 0 Å². The Morgan fingerprint density at radius 1 is 1.50 bits per heavy atom. The van der Waals surface area contributed by atoms with E-state index in [0.29, 0.717) is 29.2 Å². The molecule has 2 rings (SSSR count). The number of aryl methyl sites for hydroxylation is 1. The van der Waals surface area contributed by atoms with Crippen molar-refractivity contribution in [3.8, 4) is 6.07 Å². The van der Waals surface area contributed by atoms with E-state index in [-0.39, 0.29) is 0 Å². The smallest absolute Gasteiger partial charge is 0.162 e. The van der Waals surface area contributed by atoms with Crippen LogP contribution < -0.4 is 0 Å². The number of aromatic nitrogens is 4. The summed E-state index contributed by atoms with van der Waals surface area (Å²) in [6.07, 6.45) is 3.39. The molecule has 0 aliphatic carbocycles. The van der Waals surface area contributed by atoms with Gasteiger partial charge in [0, 0.05) is 0 Å². The Balaban J connectivity index is 2.48. The highest BCUT2D eigenvalue weighted by atomic mass is 35.5. The van der Waals surface area contributed by atoms with Gasteiger partial charge >= 0.3 is 0 Å². The Kier molecular flexibility index (Phi) is 2.29. The lowest BCUT2D eigenvalue weighted by molar-refractivity contribution is 0.643. The third-order valence-electron chi connectivity index (χ3n) is 1.82. The average Bonchev–Trinajstić information content (AvgIpc) is 2.60. The SMILES string of the molecule is N#CCCn1ncc2c(Cl)ncnc21. The van der Waals surface area contributed by atoms with Crippen molar-refractivity contribution < 1.29 is 0 Å². The summed E-state index contributed by atoms with van der Waals surface area (Å²) in [6, 6.07) is 2.05. The van der Waals surface area contributed by atoms with Crippen molar-refractivity contribution in [3.05, 3.63) is 17.7 Å². The number of nitrogens with zero attached hydrogens (tertiary/aromatic N) is 5. The first-order chi connectivity index (χ1) is 6.83. The molecule has 14 heavy (non-hydrogen) atoms. The number of hydrogen-bond donors (Lipinski definition) is 0. The van der Waals surface area contributed by atoms with E-state index in [4.69, 9.17) is 16.9 Å². The predicted octanol–water partition coefficient (Wildman–Crippen LogP) is 1.39. The van der Waals surface area contributed by atoms with Crippen molar-refractivity contribution in [1.82, 2.24) is 19.7 Å². The molecular weight excluding hydrogens is 202 g/mol. The largest absolute Gasteiger partial charge is 0.246 e. The van der Waals surface area contributed by atoms with Crippen LogP contribution in [0.3, 0.4) is 0 Å². The molecule has 0 N–H and O–H groups in total. The Hall–Kier alpha value is -1.67. The highest BCUT2D eigenvalue weighted by Crippen LogP contribution is 2.17.